The van der Waals surface area contributed by atoms with Crippen LogP contribution in [0.2, 0.25) is 0 Å². The summed E-state index contributed by atoms with van der Waals surface area (Å²) in [5.41, 5.74) is 3.77. The van der Waals surface area contributed by atoms with Gasteiger partial charge in [-0.15, -0.1) is 5.10 Å². The number of halogens is 1. The first kappa shape index (κ1) is 21.1. The molecule has 1 saturated carbocycles. The summed E-state index contributed by atoms with van der Waals surface area (Å²) < 4.78 is 15.0. The van der Waals surface area contributed by atoms with Crippen LogP contribution in [0.1, 0.15) is 42.5 Å². The lowest BCUT2D eigenvalue weighted by molar-refractivity contribution is 0.0943. The maximum atomic E-state index is 13.3. The van der Waals surface area contributed by atoms with E-state index in [1.165, 1.54) is 44.2 Å². The predicted octanol–water partition coefficient (Wildman–Crippen LogP) is 5.59. The van der Waals surface area contributed by atoms with Gasteiger partial charge in [0.25, 0.3) is 5.91 Å². The van der Waals surface area contributed by atoms with E-state index in [4.69, 9.17) is 0 Å². The zero-order valence-electron chi connectivity index (χ0n) is 18.3. The molecule has 2 aromatic heterocycles. The lowest BCUT2D eigenvalue weighted by Crippen LogP contribution is -2.30. The molecule has 0 aliphatic heterocycles. The topological polar surface area (TPSA) is 71.3 Å². The fourth-order valence-electron chi connectivity index (χ4n) is 4.36. The molecular formula is C26H26FN5O. The van der Waals surface area contributed by atoms with Gasteiger partial charge >= 0.3 is 0 Å². The van der Waals surface area contributed by atoms with Gasteiger partial charge in [0, 0.05) is 23.4 Å². The molecule has 2 aromatic carbocycles. The van der Waals surface area contributed by atoms with E-state index in [1.807, 2.05) is 30.3 Å². The van der Waals surface area contributed by atoms with E-state index in [9.17, 15) is 9.18 Å². The third-order valence-electron chi connectivity index (χ3n) is 6.18. The van der Waals surface area contributed by atoms with Crippen molar-refractivity contribution >= 4 is 23.2 Å². The molecule has 2 heterocycles. The predicted molar refractivity (Wildman–Crippen MR) is 127 cm³/mol. The standard InChI is InChI=1S/C26H26FN5O/c27-21-13-9-19(10-14-21)23-7-4-8-24-30-26(31-32(23)24)29-22-15-11-20(12-16-22)25(33)28-17-18-5-2-1-3-6-18/h4,7-16,18H,1-3,5-6,17H2,(H,28,33)(H,29,31). The summed E-state index contributed by atoms with van der Waals surface area (Å²) in [5, 5.41) is 10.8. The zero-order valence-corrected chi connectivity index (χ0v) is 18.3. The van der Waals surface area contributed by atoms with Gasteiger partial charge in [0.2, 0.25) is 5.95 Å². The molecule has 2 N–H and O–H groups in total. The molecule has 168 valence electrons. The van der Waals surface area contributed by atoms with Crippen LogP contribution in [0.15, 0.2) is 66.7 Å². The number of nitrogens with zero attached hydrogens (tertiary/aromatic N) is 3. The highest BCUT2D eigenvalue weighted by molar-refractivity contribution is 5.94. The molecule has 33 heavy (non-hydrogen) atoms. The number of carbonyl (C=O) groups is 1. The van der Waals surface area contributed by atoms with Crippen LogP contribution in [0.5, 0.6) is 0 Å². The lowest BCUT2D eigenvalue weighted by Gasteiger charge is -2.21. The SMILES string of the molecule is O=C(NCC1CCCCC1)c1ccc(Nc2nc3cccc(-c4ccc(F)cc4)n3n2)cc1. The average Bonchev–Trinajstić information content (AvgIpc) is 3.27. The maximum absolute atomic E-state index is 13.3. The van der Waals surface area contributed by atoms with E-state index in [0.717, 1.165) is 23.5 Å². The number of fused-ring (bicyclic) bond motifs is 1. The van der Waals surface area contributed by atoms with Crippen molar-refractivity contribution in [1.29, 1.82) is 0 Å². The fraction of sp³-hybridized carbons (Fsp3) is 0.269. The quantitative estimate of drug-likeness (QED) is 0.408. The highest BCUT2D eigenvalue weighted by Crippen LogP contribution is 2.24. The second kappa shape index (κ2) is 9.40. The van der Waals surface area contributed by atoms with Crippen molar-refractivity contribution < 1.29 is 9.18 Å². The molecule has 0 radical (unpaired) electrons. The van der Waals surface area contributed by atoms with Crippen molar-refractivity contribution in [2.75, 3.05) is 11.9 Å². The number of hydrogen-bond acceptors (Lipinski definition) is 4. The molecule has 1 aliphatic rings. The smallest absolute Gasteiger partial charge is 0.251 e. The molecule has 1 amide bonds. The van der Waals surface area contributed by atoms with Crippen LogP contribution in [0.25, 0.3) is 16.9 Å². The van der Waals surface area contributed by atoms with Gasteiger partial charge in [0.1, 0.15) is 5.82 Å². The summed E-state index contributed by atoms with van der Waals surface area (Å²) in [6.45, 7) is 0.750. The van der Waals surface area contributed by atoms with Crippen molar-refractivity contribution in [2.24, 2.45) is 5.92 Å². The van der Waals surface area contributed by atoms with Gasteiger partial charge in [-0.05, 0) is 79.4 Å². The molecule has 0 spiro atoms. The number of pyridine rings is 1. The summed E-state index contributed by atoms with van der Waals surface area (Å²) in [4.78, 5) is 17.0. The molecule has 0 unspecified atom stereocenters. The Hall–Kier alpha value is -3.74. The van der Waals surface area contributed by atoms with Gasteiger partial charge in [0.15, 0.2) is 5.65 Å². The van der Waals surface area contributed by atoms with Crippen LogP contribution in [0, 0.1) is 11.7 Å². The van der Waals surface area contributed by atoms with Crippen molar-refractivity contribution in [2.45, 2.75) is 32.1 Å². The van der Waals surface area contributed by atoms with Gasteiger partial charge in [0.05, 0.1) is 5.69 Å². The summed E-state index contributed by atoms with van der Waals surface area (Å²) in [5.74, 6) is 0.725. The Kier molecular flexibility index (Phi) is 6.02. The van der Waals surface area contributed by atoms with Crippen LogP contribution >= 0.6 is 0 Å². The van der Waals surface area contributed by atoms with Gasteiger partial charge in [-0.25, -0.2) is 8.91 Å². The maximum Gasteiger partial charge on any atom is 0.251 e. The van der Waals surface area contributed by atoms with Gasteiger partial charge < -0.3 is 10.6 Å². The van der Waals surface area contributed by atoms with E-state index in [1.54, 1.807) is 28.8 Å². The number of carbonyl (C=O) groups excluding carboxylic acids is 1. The molecule has 7 heteroatoms. The van der Waals surface area contributed by atoms with Crippen LogP contribution < -0.4 is 10.6 Å². The van der Waals surface area contributed by atoms with Crippen LogP contribution in [-0.2, 0) is 0 Å². The third kappa shape index (κ3) is 4.87. The normalized spacial score (nSPS) is 14.3. The Labute approximate surface area is 191 Å². The number of nitrogens with one attached hydrogen (secondary N) is 2. The molecule has 1 fully saturated rings. The Morgan fingerprint density at radius 2 is 1.73 bits per heavy atom. The Balaban J connectivity index is 1.27. The number of amides is 1. The van der Waals surface area contributed by atoms with Crippen molar-refractivity contribution in [3.63, 3.8) is 0 Å². The fourth-order valence-corrected chi connectivity index (χ4v) is 4.36. The summed E-state index contributed by atoms with van der Waals surface area (Å²) >= 11 is 0. The second-order valence-corrected chi connectivity index (χ2v) is 8.54. The Morgan fingerprint density at radius 3 is 2.48 bits per heavy atom. The number of anilines is 2. The Morgan fingerprint density at radius 1 is 0.970 bits per heavy atom. The van der Waals surface area contributed by atoms with Gasteiger partial charge in [-0.3, -0.25) is 4.79 Å². The molecule has 0 saturated heterocycles. The highest BCUT2D eigenvalue weighted by atomic mass is 19.1. The third-order valence-corrected chi connectivity index (χ3v) is 6.18. The minimum Gasteiger partial charge on any atom is -0.352 e. The first-order valence-corrected chi connectivity index (χ1v) is 11.4. The molecule has 6 nitrogen and oxygen atoms in total. The molecular weight excluding hydrogens is 417 g/mol. The van der Waals surface area contributed by atoms with Crippen molar-refractivity contribution in [3.8, 4) is 11.3 Å². The first-order chi connectivity index (χ1) is 16.2. The molecule has 1 aliphatic carbocycles. The van der Waals surface area contributed by atoms with E-state index in [0.29, 0.717) is 23.1 Å². The first-order valence-electron chi connectivity index (χ1n) is 11.4. The molecule has 4 aromatic rings. The Bertz CT molecular complexity index is 1240. The van der Waals surface area contributed by atoms with E-state index < -0.39 is 0 Å². The average molecular weight is 444 g/mol. The lowest BCUT2D eigenvalue weighted by atomic mass is 9.89. The summed E-state index contributed by atoms with van der Waals surface area (Å²) in [6, 6.07) is 19.3. The van der Waals surface area contributed by atoms with Crippen molar-refractivity contribution in [3.05, 3.63) is 78.1 Å². The largest absolute Gasteiger partial charge is 0.352 e. The molecule has 0 atom stereocenters. The van der Waals surface area contributed by atoms with Gasteiger partial charge in [-0.1, -0.05) is 25.3 Å². The number of aromatic nitrogens is 3. The van der Waals surface area contributed by atoms with E-state index in [-0.39, 0.29) is 11.7 Å². The van der Waals surface area contributed by atoms with Crippen LogP contribution in [-0.4, -0.2) is 27.0 Å². The minimum atomic E-state index is -0.280. The highest BCUT2D eigenvalue weighted by Gasteiger charge is 2.15. The molecule has 0 bridgehead atoms. The monoisotopic (exact) mass is 443 g/mol. The van der Waals surface area contributed by atoms with Crippen LogP contribution in [0.4, 0.5) is 16.0 Å². The van der Waals surface area contributed by atoms with Crippen LogP contribution in [0.3, 0.4) is 0 Å². The second-order valence-electron chi connectivity index (χ2n) is 8.54. The van der Waals surface area contributed by atoms with E-state index in [2.05, 4.69) is 20.7 Å². The minimum absolute atomic E-state index is 0.0399. The van der Waals surface area contributed by atoms with E-state index >= 15 is 0 Å². The molecule has 5 rings (SSSR count). The zero-order chi connectivity index (χ0) is 22.6. The summed E-state index contributed by atoms with van der Waals surface area (Å²) in [7, 11) is 0. The van der Waals surface area contributed by atoms with Crippen molar-refractivity contribution in [1.82, 2.24) is 19.9 Å². The number of rotatable bonds is 6. The number of benzene rings is 2. The number of hydrogen-bond donors (Lipinski definition) is 2. The van der Waals surface area contributed by atoms with Gasteiger partial charge in [-0.2, -0.15) is 4.98 Å². The summed E-state index contributed by atoms with van der Waals surface area (Å²) in [6.07, 6.45) is 6.26.